The number of esters is 1. The van der Waals surface area contributed by atoms with Crippen molar-refractivity contribution in [2.45, 2.75) is 19.8 Å². The van der Waals surface area contributed by atoms with Crippen molar-refractivity contribution in [3.8, 4) is 5.75 Å². The lowest BCUT2D eigenvalue weighted by molar-refractivity contribution is -0.143. The fraction of sp³-hybridized carbons (Fsp3) is 0.364. The van der Waals surface area contributed by atoms with Gasteiger partial charge in [0.1, 0.15) is 5.75 Å². The van der Waals surface area contributed by atoms with E-state index in [9.17, 15) is 4.79 Å². The predicted molar refractivity (Wildman–Crippen MR) is 53.1 cm³/mol. The lowest BCUT2D eigenvalue weighted by Gasteiger charge is -2.03. The van der Waals surface area contributed by atoms with Crippen molar-refractivity contribution in [3.63, 3.8) is 0 Å². The molecule has 76 valence electrons. The molecule has 0 spiro atoms. The van der Waals surface area contributed by atoms with Gasteiger partial charge in [-0.1, -0.05) is 19.1 Å². The molecule has 0 saturated heterocycles. The van der Waals surface area contributed by atoms with Crippen molar-refractivity contribution in [1.82, 2.24) is 0 Å². The molecular weight excluding hydrogens is 180 g/mol. The van der Waals surface area contributed by atoms with Gasteiger partial charge in [-0.2, -0.15) is 0 Å². The van der Waals surface area contributed by atoms with Gasteiger partial charge in [-0.15, -0.1) is 0 Å². The molecule has 1 rings (SSSR count). The predicted octanol–water partition coefficient (Wildman–Crippen LogP) is 1.89. The molecule has 3 nitrogen and oxygen atoms in total. The molecule has 0 fully saturated rings. The van der Waals surface area contributed by atoms with Crippen molar-refractivity contribution in [1.29, 1.82) is 0 Å². The second-order valence-corrected chi connectivity index (χ2v) is 2.99. The second kappa shape index (κ2) is 5.27. The van der Waals surface area contributed by atoms with Crippen LogP contribution in [0, 0.1) is 0 Å². The Bertz CT molecular complexity index is 290. The van der Waals surface area contributed by atoms with Crippen LogP contribution in [0.3, 0.4) is 0 Å². The first-order valence-electron chi connectivity index (χ1n) is 4.66. The molecular formula is C11H14O3. The summed E-state index contributed by atoms with van der Waals surface area (Å²) in [6.45, 7) is 2.17. The minimum atomic E-state index is -0.177. The van der Waals surface area contributed by atoms with Crippen molar-refractivity contribution < 1.29 is 14.6 Å². The SMILES string of the molecule is CCC(=O)OCCc1ccc(O)cc1. The molecule has 0 radical (unpaired) electrons. The first-order valence-corrected chi connectivity index (χ1v) is 4.66. The zero-order valence-electron chi connectivity index (χ0n) is 8.19. The van der Waals surface area contributed by atoms with Gasteiger partial charge >= 0.3 is 5.97 Å². The summed E-state index contributed by atoms with van der Waals surface area (Å²) >= 11 is 0. The summed E-state index contributed by atoms with van der Waals surface area (Å²) in [6, 6.07) is 6.87. The number of hydrogen-bond acceptors (Lipinski definition) is 3. The standard InChI is InChI=1S/C11H14O3/c1-2-11(13)14-8-7-9-3-5-10(12)6-4-9/h3-6,12H,2,7-8H2,1H3. The third kappa shape index (κ3) is 3.47. The number of phenolic OH excluding ortho intramolecular Hbond substituents is 1. The summed E-state index contributed by atoms with van der Waals surface area (Å²) in [5, 5.41) is 9.02. The van der Waals surface area contributed by atoms with Gasteiger partial charge in [0.05, 0.1) is 6.61 Å². The number of benzene rings is 1. The highest BCUT2D eigenvalue weighted by atomic mass is 16.5. The Morgan fingerprint density at radius 3 is 2.57 bits per heavy atom. The Kier molecular flexibility index (Phi) is 3.98. The van der Waals surface area contributed by atoms with Crippen LogP contribution < -0.4 is 0 Å². The van der Waals surface area contributed by atoms with Gasteiger partial charge in [-0.05, 0) is 17.7 Å². The van der Waals surface area contributed by atoms with Gasteiger partial charge in [0.15, 0.2) is 0 Å². The summed E-state index contributed by atoms with van der Waals surface area (Å²) in [6.07, 6.45) is 1.10. The van der Waals surface area contributed by atoms with Crippen molar-refractivity contribution in [2.24, 2.45) is 0 Å². The Morgan fingerprint density at radius 2 is 2.00 bits per heavy atom. The first-order chi connectivity index (χ1) is 6.72. The zero-order valence-corrected chi connectivity index (χ0v) is 8.19. The molecule has 0 atom stereocenters. The minimum Gasteiger partial charge on any atom is -0.508 e. The van der Waals surface area contributed by atoms with Crippen LogP contribution in [0.15, 0.2) is 24.3 Å². The van der Waals surface area contributed by atoms with E-state index in [2.05, 4.69) is 0 Å². The normalized spacial score (nSPS) is 9.79. The Labute approximate surface area is 83.3 Å². The molecule has 0 aliphatic rings. The van der Waals surface area contributed by atoms with Crippen molar-refractivity contribution in [3.05, 3.63) is 29.8 Å². The van der Waals surface area contributed by atoms with Gasteiger partial charge in [0.2, 0.25) is 0 Å². The van der Waals surface area contributed by atoms with Gasteiger partial charge in [0.25, 0.3) is 0 Å². The van der Waals surface area contributed by atoms with E-state index in [0.717, 1.165) is 5.56 Å². The Morgan fingerprint density at radius 1 is 1.36 bits per heavy atom. The molecule has 0 heterocycles. The lowest BCUT2D eigenvalue weighted by Crippen LogP contribution is -2.05. The van der Waals surface area contributed by atoms with E-state index in [1.54, 1.807) is 19.1 Å². The van der Waals surface area contributed by atoms with E-state index in [0.29, 0.717) is 19.4 Å². The van der Waals surface area contributed by atoms with E-state index < -0.39 is 0 Å². The lowest BCUT2D eigenvalue weighted by atomic mass is 10.1. The van der Waals surface area contributed by atoms with Crippen LogP contribution in [-0.2, 0) is 16.0 Å². The highest BCUT2D eigenvalue weighted by molar-refractivity contribution is 5.68. The molecule has 0 aliphatic carbocycles. The van der Waals surface area contributed by atoms with Crippen molar-refractivity contribution in [2.75, 3.05) is 6.61 Å². The minimum absolute atomic E-state index is 0.177. The van der Waals surface area contributed by atoms with Crippen molar-refractivity contribution >= 4 is 5.97 Å². The number of rotatable bonds is 4. The van der Waals surface area contributed by atoms with Crippen LogP contribution in [0.25, 0.3) is 0 Å². The molecule has 3 heteroatoms. The molecule has 1 N–H and O–H groups in total. The molecule has 0 amide bonds. The van der Waals surface area contributed by atoms with Gasteiger partial charge < -0.3 is 9.84 Å². The summed E-state index contributed by atoms with van der Waals surface area (Å²) in [5.74, 6) is 0.0723. The molecule has 0 aromatic heterocycles. The average molecular weight is 194 g/mol. The number of phenols is 1. The molecule has 1 aromatic rings. The van der Waals surface area contributed by atoms with Crippen LogP contribution in [0.1, 0.15) is 18.9 Å². The van der Waals surface area contributed by atoms with Crippen LogP contribution >= 0.6 is 0 Å². The smallest absolute Gasteiger partial charge is 0.305 e. The maximum absolute atomic E-state index is 10.8. The monoisotopic (exact) mass is 194 g/mol. The van der Waals surface area contributed by atoms with Crippen LogP contribution in [0.5, 0.6) is 5.75 Å². The number of hydrogen-bond donors (Lipinski definition) is 1. The Balaban J connectivity index is 2.31. The van der Waals surface area contributed by atoms with Gasteiger partial charge in [-0.3, -0.25) is 4.79 Å². The zero-order chi connectivity index (χ0) is 10.4. The molecule has 14 heavy (non-hydrogen) atoms. The maximum Gasteiger partial charge on any atom is 0.305 e. The number of carbonyl (C=O) groups is 1. The summed E-state index contributed by atoms with van der Waals surface area (Å²) in [4.78, 5) is 10.8. The largest absolute Gasteiger partial charge is 0.508 e. The summed E-state index contributed by atoms with van der Waals surface area (Å²) in [7, 11) is 0. The number of ether oxygens (including phenoxy) is 1. The van der Waals surface area contributed by atoms with Gasteiger partial charge in [0, 0.05) is 12.8 Å². The number of aromatic hydroxyl groups is 1. The van der Waals surface area contributed by atoms with E-state index in [4.69, 9.17) is 9.84 Å². The Hall–Kier alpha value is -1.51. The third-order valence-electron chi connectivity index (χ3n) is 1.88. The summed E-state index contributed by atoms with van der Waals surface area (Å²) < 4.78 is 4.92. The second-order valence-electron chi connectivity index (χ2n) is 2.99. The van der Waals surface area contributed by atoms with E-state index >= 15 is 0 Å². The van der Waals surface area contributed by atoms with Gasteiger partial charge in [-0.25, -0.2) is 0 Å². The number of carbonyl (C=O) groups excluding carboxylic acids is 1. The van der Waals surface area contributed by atoms with Crippen LogP contribution in [-0.4, -0.2) is 17.7 Å². The average Bonchev–Trinajstić information content (AvgIpc) is 2.21. The van der Waals surface area contributed by atoms with Crippen LogP contribution in [0.2, 0.25) is 0 Å². The molecule has 0 aliphatic heterocycles. The summed E-state index contributed by atoms with van der Waals surface area (Å²) in [5.41, 5.74) is 1.05. The van der Waals surface area contributed by atoms with Crippen LogP contribution in [0.4, 0.5) is 0 Å². The first kappa shape index (κ1) is 10.6. The quantitative estimate of drug-likeness (QED) is 0.744. The fourth-order valence-electron chi connectivity index (χ4n) is 1.05. The van der Waals surface area contributed by atoms with E-state index in [1.165, 1.54) is 0 Å². The van der Waals surface area contributed by atoms with E-state index in [-0.39, 0.29) is 11.7 Å². The highest BCUT2D eigenvalue weighted by Crippen LogP contribution is 2.09. The fourth-order valence-corrected chi connectivity index (χ4v) is 1.05. The molecule has 0 bridgehead atoms. The topological polar surface area (TPSA) is 46.5 Å². The molecule has 0 saturated carbocycles. The third-order valence-corrected chi connectivity index (χ3v) is 1.88. The highest BCUT2D eigenvalue weighted by Gasteiger charge is 1.98. The molecule has 1 aromatic carbocycles. The molecule has 0 unspecified atom stereocenters. The van der Waals surface area contributed by atoms with E-state index in [1.807, 2.05) is 12.1 Å². The maximum atomic E-state index is 10.8.